The van der Waals surface area contributed by atoms with Crippen molar-refractivity contribution in [1.29, 1.82) is 0 Å². The van der Waals surface area contributed by atoms with Gasteiger partial charge in [0.1, 0.15) is 4.90 Å². The van der Waals surface area contributed by atoms with Gasteiger partial charge in [-0.15, -0.1) is 0 Å². The van der Waals surface area contributed by atoms with Gasteiger partial charge < -0.3 is 0 Å². The maximum atomic E-state index is 13.8. The molecule has 1 aromatic carbocycles. The van der Waals surface area contributed by atoms with Crippen LogP contribution >= 0.6 is 0 Å². The van der Waals surface area contributed by atoms with E-state index in [0.29, 0.717) is 17.3 Å². The number of rotatable bonds is 4. The van der Waals surface area contributed by atoms with Gasteiger partial charge in [0, 0.05) is 17.3 Å². The number of nitro groups is 1. The van der Waals surface area contributed by atoms with E-state index < -0.39 is 31.3 Å². The highest BCUT2D eigenvalue weighted by Crippen LogP contribution is 2.23. The third-order valence-corrected chi connectivity index (χ3v) is 4.27. The van der Waals surface area contributed by atoms with Gasteiger partial charge in [0.25, 0.3) is 15.7 Å². The lowest BCUT2D eigenvalue weighted by Crippen LogP contribution is -2.15. The second kappa shape index (κ2) is 5.13. The average Bonchev–Trinajstić information content (AvgIpc) is 2.69. The molecule has 0 saturated heterocycles. The van der Waals surface area contributed by atoms with Crippen molar-refractivity contribution < 1.29 is 17.7 Å². The number of H-pyrrole nitrogens is 1. The predicted molar refractivity (Wildman–Crippen MR) is 71.9 cm³/mol. The van der Waals surface area contributed by atoms with Gasteiger partial charge in [0.05, 0.1) is 11.0 Å². The summed E-state index contributed by atoms with van der Waals surface area (Å²) in [6.07, 6.45) is 0. The lowest BCUT2D eigenvalue weighted by molar-refractivity contribution is -0.385. The molecule has 21 heavy (non-hydrogen) atoms. The van der Waals surface area contributed by atoms with E-state index in [-0.39, 0.29) is 5.82 Å². The normalized spacial score (nSPS) is 11.4. The molecule has 0 atom stereocenters. The molecule has 0 unspecified atom stereocenters. The number of hydrogen-bond acceptors (Lipinski definition) is 5. The number of halogens is 1. The Morgan fingerprint density at radius 2 is 2.05 bits per heavy atom. The molecule has 1 heterocycles. The average molecular weight is 314 g/mol. The minimum Gasteiger partial charge on any atom is -0.280 e. The molecule has 0 fully saturated rings. The van der Waals surface area contributed by atoms with Crippen LogP contribution in [0.4, 0.5) is 15.9 Å². The number of aromatic amines is 1. The van der Waals surface area contributed by atoms with Crippen molar-refractivity contribution in [1.82, 2.24) is 10.2 Å². The van der Waals surface area contributed by atoms with Gasteiger partial charge in [-0.25, -0.2) is 12.8 Å². The highest BCUT2D eigenvalue weighted by Gasteiger charge is 2.23. The Bertz CT molecular complexity index is 816. The standard InChI is InChI=1S/C11H11FN4O4S/c1-6-7(2)13-14-11(6)15-21(19,20)10-4-3-8(16(17)18)5-9(10)12/h3-5H,1-2H3,(H2,13,14,15). The molecule has 0 saturated carbocycles. The summed E-state index contributed by atoms with van der Waals surface area (Å²) in [5, 5.41) is 16.9. The minimum atomic E-state index is -4.23. The number of non-ortho nitro benzene ring substituents is 1. The topological polar surface area (TPSA) is 118 Å². The van der Waals surface area contributed by atoms with Crippen LogP contribution in [0.2, 0.25) is 0 Å². The van der Waals surface area contributed by atoms with Crippen LogP contribution < -0.4 is 4.72 Å². The van der Waals surface area contributed by atoms with Crippen LogP contribution in [0.25, 0.3) is 0 Å². The Balaban J connectivity index is 2.40. The van der Waals surface area contributed by atoms with Gasteiger partial charge in [-0.3, -0.25) is 19.9 Å². The van der Waals surface area contributed by atoms with Crippen molar-refractivity contribution in [3.63, 3.8) is 0 Å². The maximum absolute atomic E-state index is 13.8. The first-order chi connectivity index (χ1) is 9.72. The molecular formula is C11H11FN4O4S. The second-order valence-corrected chi connectivity index (χ2v) is 5.95. The number of aromatic nitrogens is 2. The zero-order chi connectivity index (χ0) is 15.8. The molecule has 0 bridgehead atoms. The molecule has 2 rings (SSSR count). The number of sulfonamides is 1. The summed E-state index contributed by atoms with van der Waals surface area (Å²) in [4.78, 5) is 9.01. The SMILES string of the molecule is Cc1[nH]nc(NS(=O)(=O)c2ccc([N+](=O)[O-])cc2F)c1C. The fourth-order valence-electron chi connectivity index (χ4n) is 1.59. The molecule has 1 aromatic heterocycles. The Kier molecular flexibility index (Phi) is 3.64. The van der Waals surface area contributed by atoms with Crippen molar-refractivity contribution in [3.8, 4) is 0 Å². The van der Waals surface area contributed by atoms with Crippen LogP contribution in [0.1, 0.15) is 11.3 Å². The molecule has 0 spiro atoms. The zero-order valence-corrected chi connectivity index (χ0v) is 11.9. The first-order valence-corrected chi connectivity index (χ1v) is 7.19. The van der Waals surface area contributed by atoms with E-state index in [2.05, 4.69) is 14.9 Å². The fraction of sp³-hybridized carbons (Fsp3) is 0.182. The number of nitrogens with zero attached hydrogens (tertiary/aromatic N) is 2. The van der Waals surface area contributed by atoms with Crippen molar-refractivity contribution in [3.05, 3.63) is 45.4 Å². The number of nitro benzene ring substituents is 1. The predicted octanol–water partition coefficient (Wildman–Crippen LogP) is 1.87. The zero-order valence-electron chi connectivity index (χ0n) is 11.0. The number of hydrogen-bond donors (Lipinski definition) is 2. The summed E-state index contributed by atoms with van der Waals surface area (Å²) >= 11 is 0. The van der Waals surface area contributed by atoms with Crippen molar-refractivity contribution in [2.75, 3.05) is 4.72 Å². The van der Waals surface area contributed by atoms with Crippen molar-refractivity contribution in [2.45, 2.75) is 18.7 Å². The van der Waals surface area contributed by atoms with E-state index in [1.807, 2.05) is 0 Å². The van der Waals surface area contributed by atoms with E-state index >= 15 is 0 Å². The number of aryl methyl sites for hydroxylation is 1. The minimum absolute atomic E-state index is 0.0465. The monoisotopic (exact) mass is 314 g/mol. The highest BCUT2D eigenvalue weighted by atomic mass is 32.2. The number of nitrogens with one attached hydrogen (secondary N) is 2. The third kappa shape index (κ3) is 2.84. The van der Waals surface area contributed by atoms with Crippen LogP contribution in [0.5, 0.6) is 0 Å². The lowest BCUT2D eigenvalue weighted by atomic mass is 10.3. The van der Waals surface area contributed by atoms with Crippen molar-refractivity contribution in [2.24, 2.45) is 0 Å². The van der Waals surface area contributed by atoms with Crippen LogP contribution in [0.3, 0.4) is 0 Å². The first kappa shape index (κ1) is 14.9. The van der Waals surface area contributed by atoms with E-state index in [0.717, 1.165) is 12.1 Å². The van der Waals surface area contributed by atoms with Crippen LogP contribution in [-0.4, -0.2) is 23.5 Å². The molecule has 2 aromatic rings. The summed E-state index contributed by atoms with van der Waals surface area (Å²) in [7, 11) is -4.23. The van der Waals surface area contributed by atoms with Crippen LogP contribution in [-0.2, 0) is 10.0 Å². The summed E-state index contributed by atoms with van der Waals surface area (Å²) in [5.74, 6) is -1.16. The second-order valence-electron chi connectivity index (χ2n) is 4.30. The van der Waals surface area contributed by atoms with Gasteiger partial charge in [-0.2, -0.15) is 5.10 Å². The smallest absolute Gasteiger partial charge is 0.272 e. The molecule has 0 aliphatic carbocycles. The molecule has 0 radical (unpaired) electrons. The van der Waals surface area contributed by atoms with Crippen LogP contribution in [0.15, 0.2) is 23.1 Å². The molecule has 0 aliphatic rings. The molecule has 8 nitrogen and oxygen atoms in total. The Hall–Kier alpha value is -2.49. The highest BCUT2D eigenvalue weighted by molar-refractivity contribution is 7.92. The first-order valence-electron chi connectivity index (χ1n) is 5.70. The molecule has 0 amide bonds. The Morgan fingerprint density at radius 1 is 1.38 bits per heavy atom. The van der Waals surface area contributed by atoms with E-state index in [1.165, 1.54) is 0 Å². The quantitative estimate of drug-likeness (QED) is 0.659. The third-order valence-electron chi connectivity index (χ3n) is 2.90. The fourth-order valence-corrected chi connectivity index (χ4v) is 2.71. The Morgan fingerprint density at radius 3 is 2.52 bits per heavy atom. The molecule has 2 N–H and O–H groups in total. The molecule has 112 valence electrons. The maximum Gasteiger partial charge on any atom is 0.272 e. The largest absolute Gasteiger partial charge is 0.280 e. The molecule has 10 heteroatoms. The summed E-state index contributed by atoms with van der Waals surface area (Å²) < 4.78 is 40.1. The van der Waals surface area contributed by atoms with E-state index in [1.54, 1.807) is 13.8 Å². The van der Waals surface area contributed by atoms with E-state index in [4.69, 9.17) is 0 Å². The van der Waals surface area contributed by atoms with Crippen LogP contribution in [0, 0.1) is 29.8 Å². The summed E-state index contributed by atoms with van der Waals surface area (Å²) in [6, 6.07) is 2.31. The van der Waals surface area contributed by atoms with Gasteiger partial charge in [-0.05, 0) is 19.9 Å². The van der Waals surface area contributed by atoms with E-state index in [9.17, 15) is 22.9 Å². The summed E-state index contributed by atoms with van der Waals surface area (Å²) in [5.41, 5.74) is 0.705. The summed E-state index contributed by atoms with van der Waals surface area (Å²) in [6.45, 7) is 3.34. The van der Waals surface area contributed by atoms with Gasteiger partial charge in [0.2, 0.25) is 0 Å². The Labute approximate surface area is 119 Å². The molecule has 0 aliphatic heterocycles. The van der Waals surface area contributed by atoms with Gasteiger partial charge >= 0.3 is 0 Å². The lowest BCUT2D eigenvalue weighted by Gasteiger charge is -2.07. The van der Waals surface area contributed by atoms with Gasteiger partial charge in [0.15, 0.2) is 11.6 Å². The number of benzene rings is 1. The van der Waals surface area contributed by atoms with Crippen molar-refractivity contribution >= 4 is 21.5 Å². The molecular weight excluding hydrogens is 303 g/mol. The van der Waals surface area contributed by atoms with Gasteiger partial charge in [-0.1, -0.05) is 0 Å². The number of anilines is 1.